The molecule has 0 saturated carbocycles. The molecule has 1 aromatic heterocycles. The minimum Gasteiger partial charge on any atom is -0.419 e. The van der Waals surface area contributed by atoms with Crippen LogP contribution in [0.2, 0.25) is 5.02 Å². The van der Waals surface area contributed by atoms with Gasteiger partial charge in [0, 0.05) is 26.2 Å². The topological polar surface area (TPSA) is 62.5 Å². The maximum Gasteiger partial charge on any atom is 0.256 e. The molecular formula is C20H18ClFN4O2. The Bertz CT molecular complexity index is 986. The van der Waals surface area contributed by atoms with Gasteiger partial charge in [-0.15, -0.1) is 10.2 Å². The Morgan fingerprint density at radius 1 is 1.04 bits per heavy atom. The van der Waals surface area contributed by atoms with Crippen LogP contribution in [0.5, 0.6) is 0 Å². The second kappa shape index (κ2) is 8.08. The minimum absolute atomic E-state index is 0.109. The highest BCUT2D eigenvalue weighted by Gasteiger charge is 2.25. The van der Waals surface area contributed by atoms with Gasteiger partial charge >= 0.3 is 0 Å². The number of carbonyl (C=O) groups excluding carboxylic acids is 1. The maximum absolute atomic E-state index is 13.8. The lowest BCUT2D eigenvalue weighted by Gasteiger charge is -2.34. The second-order valence-electron chi connectivity index (χ2n) is 6.53. The molecule has 28 heavy (non-hydrogen) atoms. The molecule has 4 rings (SSSR count). The summed E-state index contributed by atoms with van der Waals surface area (Å²) in [5.41, 5.74) is 0.806. The van der Waals surface area contributed by atoms with Gasteiger partial charge in [-0.25, -0.2) is 4.39 Å². The SMILES string of the molecule is O=C(c1ccccc1F)N1CCN(Cc2nnc(-c3ccccc3Cl)o2)CC1. The number of nitrogens with zero attached hydrogens (tertiary/aromatic N) is 4. The first-order valence-electron chi connectivity index (χ1n) is 8.95. The first-order valence-corrected chi connectivity index (χ1v) is 9.33. The number of halogens is 2. The molecule has 0 bridgehead atoms. The quantitative estimate of drug-likeness (QED) is 0.671. The van der Waals surface area contributed by atoms with Crippen LogP contribution in [0.25, 0.3) is 11.5 Å². The minimum atomic E-state index is -0.493. The third-order valence-corrected chi connectivity index (χ3v) is 5.02. The number of aromatic nitrogens is 2. The average molecular weight is 401 g/mol. The van der Waals surface area contributed by atoms with Crippen molar-refractivity contribution >= 4 is 17.5 Å². The van der Waals surface area contributed by atoms with Crippen molar-refractivity contribution in [2.24, 2.45) is 0 Å². The van der Waals surface area contributed by atoms with Crippen LogP contribution in [-0.2, 0) is 6.54 Å². The molecule has 1 saturated heterocycles. The molecule has 1 amide bonds. The van der Waals surface area contributed by atoms with Crippen LogP contribution in [0.1, 0.15) is 16.2 Å². The van der Waals surface area contributed by atoms with E-state index in [0.29, 0.717) is 55.1 Å². The smallest absolute Gasteiger partial charge is 0.256 e. The van der Waals surface area contributed by atoms with Crippen LogP contribution < -0.4 is 0 Å². The van der Waals surface area contributed by atoms with Crippen LogP contribution in [0, 0.1) is 5.82 Å². The van der Waals surface area contributed by atoms with E-state index >= 15 is 0 Å². The zero-order valence-corrected chi connectivity index (χ0v) is 15.8. The molecule has 0 atom stereocenters. The normalized spacial score (nSPS) is 15.0. The number of benzene rings is 2. The lowest BCUT2D eigenvalue weighted by atomic mass is 10.1. The van der Waals surface area contributed by atoms with Gasteiger partial charge in [0.15, 0.2) is 0 Å². The van der Waals surface area contributed by atoms with Gasteiger partial charge in [-0.05, 0) is 24.3 Å². The summed E-state index contributed by atoms with van der Waals surface area (Å²) >= 11 is 6.16. The molecule has 0 unspecified atom stereocenters. The van der Waals surface area contributed by atoms with E-state index in [4.69, 9.17) is 16.0 Å². The van der Waals surface area contributed by atoms with Crippen molar-refractivity contribution in [3.05, 3.63) is 70.8 Å². The Morgan fingerprint density at radius 2 is 1.75 bits per heavy atom. The Balaban J connectivity index is 1.36. The van der Waals surface area contributed by atoms with Crippen molar-refractivity contribution in [1.29, 1.82) is 0 Å². The summed E-state index contributed by atoms with van der Waals surface area (Å²) in [4.78, 5) is 16.3. The Morgan fingerprint density at radius 3 is 2.50 bits per heavy atom. The van der Waals surface area contributed by atoms with Gasteiger partial charge in [-0.3, -0.25) is 9.69 Å². The first kappa shape index (κ1) is 18.6. The Kier molecular flexibility index (Phi) is 5.36. The van der Waals surface area contributed by atoms with E-state index in [1.807, 2.05) is 18.2 Å². The number of carbonyl (C=O) groups is 1. The van der Waals surface area contributed by atoms with Crippen molar-refractivity contribution in [2.75, 3.05) is 26.2 Å². The van der Waals surface area contributed by atoms with Gasteiger partial charge in [-0.1, -0.05) is 35.9 Å². The standard InChI is InChI=1S/C20H18ClFN4O2/c21-16-7-3-1-5-14(16)19-24-23-18(28-19)13-25-9-11-26(12-10-25)20(27)15-6-2-4-8-17(15)22/h1-8H,9-13H2. The monoisotopic (exact) mass is 400 g/mol. The van der Waals surface area contributed by atoms with E-state index in [0.717, 1.165) is 0 Å². The predicted octanol–water partition coefficient (Wildman–Crippen LogP) is 3.49. The van der Waals surface area contributed by atoms with Crippen LogP contribution in [-0.4, -0.2) is 52.1 Å². The Labute approximate surface area is 166 Å². The molecule has 0 N–H and O–H groups in total. The molecule has 6 nitrogen and oxygen atoms in total. The van der Waals surface area contributed by atoms with Crippen molar-refractivity contribution in [3.63, 3.8) is 0 Å². The molecule has 2 aromatic carbocycles. The van der Waals surface area contributed by atoms with E-state index in [1.165, 1.54) is 12.1 Å². The van der Waals surface area contributed by atoms with Crippen molar-refractivity contribution in [1.82, 2.24) is 20.0 Å². The van der Waals surface area contributed by atoms with E-state index in [9.17, 15) is 9.18 Å². The molecule has 3 aromatic rings. The van der Waals surface area contributed by atoms with Gasteiger partial charge in [-0.2, -0.15) is 0 Å². The number of hydrogen-bond acceptors (Lipinski definition) is 5. The summed E-state index contributed by atoms with van der Waals surface area (Å²) in [6.45, 7) is 2.80. The van der Waals surface area contributed by atoms with Gasteiger partial charge in [0.05, 0.1) is 22.7 Å². The summed E-state index contributed by atoms with van der Waals surface area (Å²) in [5.74, 6) is 0.0993. The summed E-state index contributed by atoms with van der Waals surface area (Å²) < 4.78 is 19.6. The number of hydrogen-bond donors (Lipinski definition) is 0. The van der Waals surface area contributed by atoms with Gasteiger partial charge in [0.1, 0.15) is 5.82 Å². The highest BCUT2D eigenvalue weighted by atomic mass is 35.5. The number of rotatable bonds is 4. The third-order valence-electron chi connectivity index (χ3n) is 4.69. The number of piperazine rings is 1. The third kappa shape index (κ3) is 3.90. The fraction of sp³-hybridized carbons (Fsp3) is 0.250. The molecule has 144 valence electrons. The largest absolute Gasteiger partial charge is 0.419 e. The molecule has 8 heteroatoms. The molecule has 0 radical (unpaired) electrons. The van der Waals surface area contributed by atoms with Crippen LogP contribution in [0.15, 0.2) is 52.9 Å². The zero-order valence-electron chi connectivity index (χ0n) is 15.0. The van der Waals surface area contributed by atoms with E-state index < -0.39 is 5.82 Å². The highest BCUT2D eigenvalue weighted by Crippen LogP contribution is 2.26. The van der Waals surface area contributed by atoms with Gasteiger partial charge in [0.2, 0.25) is 11.8 Å². The van der Waals surface area contributed by atoms with Gasteiger partial charge < -0.3 is 9.32 Å². The lowest BCUT2D eigenvalue weighted by Crippen LogP contribution is -2.48. The maximum atomic E-state index is 13.8. The van der Waals surface area contributed by atoms with Crippen molar-refractivity contribution in [3.8, 4) is 11.5 Å². The van der Waals surface area contributed by atoms with E-state index in [-0.39, 0.29) is 11.5 Å². The van der Waals surface area contributed by atoms with Crippen LogP contribution in [0.4, 0.5) is 4.39 Å². The molecule has 2 heterocycles. The Hall–Kier alpha value is -2.77. The summed E-state index contributed by atoms with van der Waals surface area (Å²) in [6, 6.07) is 13.3. The first-order chi connectivity index (χ1) is 13.6. The zero-order chi connectivity index (χ0) is 19.5. The molecule has 1 aliphatic heterocycles. The molecule has 1 fully saturated rings. The molecule has 1 aliphatic rings. The van der Waals surface area contributed by atoms with Gasteiger partial charge in [0.25, 0.3) is 5.91 Å². The average Bonchev–Trinajstić information content (AvgIpc) is 3.17. The lowest BCUT2D eigenvalue weighted by molar-refractivity contribution is 0.0614. The summed E-state index contributed by atoms with van der Waals surface area (Å²) in [6.07, 6.45) is 0. The van der Waals surface area contributed by atoms with Crippen molar-refractivity contribution in [2.45, 2.75) is 6.54 Å². The van der Waals surface area contributed by atoms with E-state index in [1.54, 1.807) is 23.1 Å². The van der Waals surface area contributed by atoms with E-state index in [2.05, 4.69) is 15.1 Å². The summed E-state index contributed by atoms with van der Waals surface area (Å²) in [5, 5.41) is 8.72. The van der Waals surface area contributed by atoms with Crippen LogP contribution in [0.3, 0.4) is 0 Å². The van der Waals surface area contributed by atoms with Crippen LogP contribution >= 0.6 is 11.6 Å². The highest BCUT2D eigenvalue weighted by molar-refractivity contribution is 6.33. The molecule has 0 aliphatic carbocycles. The predicted molar refractivity (Wildman–Crippen MR) is 102 cm³/mol. The van der Waals surface area contributed by atoms with Crippen molar-refractivity contribution < 1.29 is 13.6 Å². The fourth-order valence-electron chi connectivity index (χ4n) is 3.17. The number of amides is 1. The fourth-order valence-corrected chi connectivity index (χ4v) is 3.38. The molecular weight excluding hydrogens is 383 g/mol. The second-order valence-corrected chi connectivity index (χ2v) is 6.94. The molecule has 0 spiro atoms. The summed E-state index contributed by atoms with van der Waals surface area (Å²) in [7, 11) is 0.